The van der Waals surface area contributed by atoms with Crippen LogP contribution in [0, 0.1) is 0 Å². The fraction of sp³-hybridized carbons (Fsp3) is 0.300. The number of rotatable bonds is 7. The van der Waals surface area contributed by atoms with Gasteiger partial charge in [0.1, 0.15) is 18.1 Å². The monoisotopic (exact) mass is 468 g/mol. The molecule has 0 amide bonds. The summed E-state index contributed by atoms with van der Waals surface area (Å²) in [5.41, 5.74) is 0.292. The van der Waals surface area contributed by atoms with Crippen molar-refractivity contribution in [3.8, 4) is 11.5 Å². The van der Waals surface area contributed by atoms with E-state index in [1.54, 1.807) is 36.4 Å². The van der Waals surface area contributed by atoms with Crippen molar-refractivity contribution in [1.82, 2.24) is 0 Å². The summed E-state index contributed by atoms with van der Waals surface area (Å²) in [6.45, 7) is 0.584. The minimum Gasteiger partial charge on any atom is -0.480 e. The molecule has 6 nitrogen and oxygen atoms in total. The summed E-state index contributed by atoms with van der Waals surface area (Å²) < 4.78 is 22.1. The van der Waals surface area contributed by atoms with Gasteiger partial charge in [-0.15, -0.1) is 0 Å². The van der Waals surface area contributed by atoms with Gasteiger partial charge in [-0.25, -0.2) is 9.59 Å². The standard InChI is InChI=1S/C20H18BrClO6/c21-14-6-7-18(17(22)10-14)26-12-19(23)28-15-4-1-3-13(9-15)20(24)27-11-16-5-2-8-25-16/h1,3-4,6-7,9-10,16H,2,5,8,11-12H2. The Balaban J connectivity index is 1.51. The van der Waals surface area contributed by atoms with Crippen LogP contribution in [0.15, 0.2) is 46.9 Å². The van der Waals surface area contributed by atoms with E-state index in [0.717, 1.165) is 17.3 Å². The van der Waals surface area contributed by atoms with Gasteiger partial charge >= 0.3 is 11.9 Å². The molecule has 0 aromatic heterocycles. The minimum atomic E-state index is -0.621. The van der Waals surface area contributed by atoms with Crippen molar-refractivity contribution in [2.45, 2.75) is 18.9 Å². The summed E-state index contributed by atoms with van der Waals surface area (Å²) in [5.74, 6) is -0.523. The van der Waals surface area contributed by atoms with Crippen molar-refractivity contribution in [2.24, 2.45) is 0 Å². The molecule has 0 spiro atoms. The molecular weight excluding hydrogens is 452 g/mol. The van der Waals surface area contributed by atoms with Crippen LogP contribution in [0.25, 0.3) is 0 Å². The molecule has 148 valence electrons. The molecule has 28 heavy (non-hydrogen) atoms. The Kier molecular flexibility index (Phi) is 7.30. The Morgan fingerprint density at radius 3 is 2.82 bits per heavy atom. The van der Waals surface area contributed by atoms with Crippen LogP contribution in [0.2, 0.25) is 5.02 Å². The van der Waals surface area contributed by atoms with Crippen LogP contribution in [-0.2, 0) is 14.3 Å². The normalized spacial score (nSPS) is 15.9. The molecule has 1 aliphatic heterocycles. The molecule has 1 unspecified atom stereocenters. The zero-order valence-corrected chi connectivity index (χ0v) is 17.2. The summed E-state index contributed by atoms with van der Waals surface area (Å²) in [5, 5.41) is 0.373. The number of carbonyl (C=O) groups excluding carboxylic acids is 2. The second-order valence-corrected chi connectivity index (χ2v) is 7.42. The Hall–Kier alpha value is -2.09. The number of ether oxygens (including phenoxy) is 4. The van der Waals surface area contributed by atoms with Crippen LogP contribution in [0.5, 0.6) is 11.5 Å². The Labute approximate surface area is 175 Å². The molecular formula is C20H18BrClO6. The van der Waals surface area contributed by atoms with Crippen LogP contribution >= 0.6 is 27.5 Å². The lowest BCUT2D eigenvalue weighted by molar-refractivity contribution is -0.136. The summed E-state index contributed by atoms with van der Waals surface area (Å²) in [6, 6.07) is 11.3. The summed E-state index contributed by atoms with van der Waals surface area (Å²) in [4.78, 5) is 24.2. The lowest BCUT2D eigenvalue weighted by Crippen LogP contribution is -2.19. The molecule has 1 heterocycles. The van der Waals surface area contributed by atoms with Gasteiger partial charge < -0.3 is 18.9 Å². The first-order valence-corrected chi connectivity index (χ1v) is 9.85. The number of carbonyl (C=O) groups is 2. The SMILES string of the molecule is O=C(COc1ccc(Br)cc1Cl)Oc1cccc(C(=O)OCC2CCCO2)c1. The number of hydrogen-bond donors (Lipinski definition) is 0. The smallest absolute Gasteiger partial charge is 0.349 e. The average molecular weight is 470 g/mol. The molecule has 2 aromatic rings. The fourth-order valence-corrected chi connectivity index (χ4v) is 3.33. The van der Waals surface area contributed by atoms with Gasteiger partial charge in [0, 0.05) is 11.1 Å². The predicted molar refractivity (Wildman–Crippen MR) is 106 cm³/mol. The van der Waals surface area contributed by atoms with Crippen LogP contribution in [0.4, 0.5) is 0 Å². The molecule has 8 heteroatoms. The van der Waals surface area contributed by atoms with E-state index in [1.165, 1.54) is 6.07 Å². The molecule has 1 atom stereocenters. The van der Waals surface area contributed by atoms with Gasteiger partial charge in [-0.2, -0.15) is 0 Å². The first-order valence-electron chi connectivity index (χ1n) is 8.68. The Morgan fingerprint density at radius 1 is 1.21 bits per heavy atom. The second kappa shape index (κ2) is 9.91. The highest BCUT2D eigenvalue weighted by molar-refractivity contribution is 9.10. The lowest BCUT2D eigenvalue weighted by atomic mass is 10.2. The Morgan fingerprint density at radius 2 is 2.07 bits per heavy atom. The van der Waals surface area contributed by atoms with Gasteiger partial charge in [-0.3, -0.25) is 0 Å². The first kappa shape index (κ1) is 20.6. The molecule has 0 saturated carbocycles. The molecule has 0 radical (unpaired) electrons. The van der Waals surface area contributed by atoms with Crippen LogP contribution in [0.1, 0.15) is 23.2 Å². The Bertz CT molecular complexity index is 850. The average Bonchev–Trinajstić information content (AvgIpc) is 3.19. The van der Waals surface area contributed by atoms with Crippen molar-refractivity contribution in [2.75, 3.05) is 19.8 Å². The van der Waals surface area contributed by atoms with Crippen molar-refractivity contribution in [3.05, 3.63) is 57.5 Å². The summed E-state index contributed by atoms with van der Waals surface area (Å²) in [7, 11) is 0. The van der Waals surface area contributed by atoms with Gasteiger partial charge in [-0.05, 0) is 49.2 Å². The van der Waals surface area contributed by atoms with E-state index in [0.29, 0.717) is 22.9 Å². The second-order valence-electron chi connectivity index (χ2n) is 6.10. The molecule has 0 bridgehead atoms. The van der Waals surface area contributed by atoms with Gasteiger partial charge in [-0.1, -0.05) is 33.6 Å². The molecule has 2 aromatic carbocycles. The third kappa shape index (κ3) is 5.95. The molecule has 0 aliphatic carbocycles. The van der Waals surface area contributed by atoms with Crippen molar-refractivity contribution >= 4 is 39.5 Å². The minimum absolute atomic E-state index is 0.0486. The predicted octanol–water partition coefficient (Wildman–Crippen LogP) is 4.42. The van der Waals surface area contributed by atoms with Crippen molar-refractivity contribution < 1.29 is 28.5 Å². The number of benzene rings is 2. The van der Waals surface area contributed by atoms with Crippen LogP contribution < -0.4 is 9.47 Å². The largest absolute Gasteiger partial charge is 0.480 e. The molecule has 1 fully saturated rings. The number of hydrogen-bond acceptors (Lipinski definition) is 6. The zero-order chi connectivity index (χ0) is 19.9. The van der Waals surface area contributed by atoms with E-state index in [4.69, 9.17) is 30.5 Å². The maximum Gasteiger partial charge on any atom is 0.349 e. The topological polar surface area (TPSA) is 71.1 Å². The van der Waals surface area contributed by atoms with Gasteiger partial charge in [0.15, 0.2) is 6.61 Å². The van der Waals surface area contributed by atoms with E-state index in [9.17, 15) is 9.59 Å². The van der Waals surface area contributed by atoms with Gasteiger partial charge in [0.05, 0.1) is 16.7 Å². The quantitative estimate of drug-likeness (QED) is 0.441. The summed E-state index contributed by atoms with van der Waals surface area (Å²) >= 11 is 9.33. The van der Waals surface area contributed by atoms with E-state index < -0.39 is 11.9 Å². The van der Waals surface area contributed by atoms with Crippen molar-refractivity contribution in [3.63, 3.8) is 0 Å². The summed E-state index contributed by atoms with van der Waals surface area (Å²) in [6.07, 6.45) is 1.81. The fourth-order valence-electron chi connectivity index (χ4n) is 2.60. The van der Waals surface area contributed by atoms with Gasteiger partial charge in [0.25, 0.3) is 0 Å². The van der Waals surface area contributed by atoms with Crippen LogP contribution in [-0.4, -0.2) is 37.9 Å². The van der Waals surface area contributed by atoms with Crippen LogP contribution in [0.3, 0.4) is 0 Å². The maximum atomic E-state index is 12.2. The molecule has 1 saturated heterocycles. The van der Waals surface area contributed by atoms with E-state index in [-0.39, 0.29) is 25.1 Å². The molecule has 3 rings (SSSR count). The molecule has 1 aliphatic rings. The van der Waals surface area contributed by atoms with E-state index in [1.807, 2.05) is 0 Å². The first-order chi connectivity index (χ1) is 13.5. The molecule has 0 N–H and O–H groups in total. The van der Waals surface area contributed by atoms with Crippen molar-refractivity contribution in [1.29, 1.82) is 0 Å². The third-order valence-corrected chi connectivity index (χ3v) is 4.75. The maximum absolute atomic E-state index is 12.2. The third-order valence-electron chi connectivity index (χ3n) is 3.97. The zero-order valence-electron chi connectivity index (χ0n) is 14.9. The number of halogens is 2. The van der Waals surface area contributed by atoms with E-state index >= 15 is 0 Å². The highest BCUT2D eigenvalue weighted by atomic mass is 79.9. The highest BCUT2D eigenvalue weighted by Gasteiger charge is 2.18. The highest BCUT2D eigenvalue weighted by Crippen LogP contribution is 2.27. The lowest BCUT2D eigenvalue weighted by Gasteiger charge is -2.11. The number of esters is 2. The van der Waals surface area contributed by atoms with Gasteiger partial charge in [0.2, 0.25) is 0 Å². The van der Waals surface area contributed by atoms with E-state index in [2.05, 4.69) is 15.9 Å².